The van der Waals surface area contributed by atoms with E-state index in [9.17, 15) is 14.4 Å². The number of ether oxygens (including phenoxy) is 2. The molecule has 0 bridgehead atoms. The maximum absolute atomic E-state index is 14.3. The number of benzene rings is 3. The number of aliphatic imine (C=N–C) groups is 1. The number of thiophene rings is 1. The van der Waals surface area contributed by atoms with E-state index in [4.69, 9.17) is 18.9 Å². The normalized spacial score (nSPS) is 18.1. The van der Waals surface area contributed by atoms with Crippen LogP contribution in [0.2, 0.25) is 0 Å². The van der Waals surface area contributed by atoms with Crippen LogP contribution in [0, 0.1) is 0 Å². The molecule has 11 nitrogen and oxygen atoms in total. The minimum absolute atomic E-state index is 0.0787. The summed E-state index contributed by atoms with van der Waals surface area (Å²) in [6.07, 6.45) is 4.28. The molecule has 1 amide bonds. The quantitative estimate of drug-likeness (QED) is 0.137. The Morgan fingerprint density at radius 3 is 2.47 bits per heavy atom. The highest BCUT2D eigenvalue weighted by Crippen LogP contribution is 2.44. The minimum Gasteiger partial charge on any atom is -0.493 e. The molecule has 0 aliphatic carbocycles. The summed E-state index contributed by atoms with van der Waals surface area (Å²) in [5, 5.41) is 0. The minimum atomic E-state index is -0.399. The van der Waals surface area contributed by atoms with Gasteiger partial charge in [-0.05, 0) is 79.8 Å². The van der Waals surface area contributed by atoms with E-state index < -0.39 is 5.69 Å². The zero-order valence-corrected chi connectivity index (χ0v) is 34.4. The van der Waals surface area contributed by atoms with Crippen molar-refractivity contribution in [2.45, 2.75) is 64.1 Å². The number of fused-ring (bicyclic) bond motifs is 4. The Bertz CT molecular complexity index is 2640. The summed E-state index contributed by atoms with van der Waals surface area (Å²) in [4.78, 5) is 55.1. The highest BCUT2D eigenvalue weighted by Gasteiger charge is 2.35. The Hall–Kier alpha value is -5.40. The molecule has 3 aliphatic heterocycles. The molecule has 3 aliphatic rings. The van der Waals surface area contributed by atoms with Gasteiger partial charge in [0.1, 0.15) is 17.5 Å². The van der Waals surface area contributed by atoms with Gasteiger partial charge in [0.15, 0.2) is 11.5 Å². The van der Waals surface area contributed by atoms with E-state index in [1.165, 1.54) is 21.5 Å². The topological polar surface area (TPSA) is 121 Å². The second-order valence-electron chi connectivity index (χ2n) is 15.0. The first-order valence-electron chi connectivity index (χ1n) is 20.0. The third-order valence-electron chi connectivity index (χ3n) is 11.6. The predicted molar refractivity (Wildman–Crippen MR) is 230 cm³/mol. The van der Waals surface area contributed by atoms with Crippen molar-refractivity contribution < 1.29 is 18.7 Å². The van der Waals surface area contributed by atoms with Crippen LogP contribution in [0.25, 0.3) is 20.7 Å². The lowest BCUT2D eigenvalue weighted by Crippen LogP contribution is -2.46. The third-order valence-corrected chi connectivity index (χ3v) is 13.9. The largest absolute Gasteiger partial charge is 0.493 e. The van der Waals surface area contributed by atoms with Crippen LogP contribution in [0.3, 0.4) is 0 Å². The molecular weight excluding hydrogens is 771 g/mol. The molecule has 2 atom stereocenters. The van der Waals surface area contributed by atoms with Crippen molar-refractivity contribution in [2.24, 2.45) is 4.99 Å². The van der Waals surface area contributed by atoms with Crippen molar-refractivity contribution >= 4 is 44.9 Å². The van der Waals surface area contributed by atoms with Crippen LogP contribution < -0.4 is 20.7 Å². The molecule has 0 saturated carbocycles. The summed E-state index contributed by atoms with van der Waals surface area (Å²) < 4.78 is 21.0. The van der Waals surface area contributed by atoms with E-state index in [0.29, 0.717) is 72.3 Å². The Labute approximate surface area is 344 Å². The number of amides is 1. The number of aryl methyl sites for hydroxylation is 1. The first-order chi connectivity index (χ1) is 28.3. The van der Waals surface area contributed by atoms with Crippen LogP contribution in [0.4, 0.5) is 0 Å². The maximum atomic E-state index is 14.3. The van der Waals surface area contributed by atoms with Gasteiger partial charge >= 0.3 is 5.69 Å². The van der Waals surface area contributed by atoms with Gasteiger partial charge < -0.3 is 18.8 Å². The van der Waals surface area contributed by atoms with Gasteiger partial charge in [0.25, 0.3) is 11.5 Å². The van der Waals surface area contributed by atoms with Crippen molar-refractivity contribution in [1.29, 1.82) is 0 Å². The Balaban J connectivity index is 0.967. The van der Waals surface area contributed by atoms with Gasteiger partial charge in [0, 0.05) is 52.4 Å². The average Bonchev–Trinajstić information content (AvgIpc) is 3.93. The number of nitrogens with zero attached hydrogens (tertiary/aromatic N) is 5. The first kappa shape index (κ1) is 38.1. The third kappa shape index (κ3) is 6.97. The first-order valence-corrected chi connectivity index (χ1v) is 22.0. The van der Waals surface area contributed by atoms with Gasteiger partial charge in [-0.2, -0.15) is 11.8 Å². The molecule has 298 valence electrons. The molecule has 0 radical (unpaired) electrons. The Morgan fingerprint density at radius 1 is 0.948 bits per heavy atom. The van der Waals surface area contributed by atoms with Crippen molar-refractivity contribution in [3.05, 3.63) is 134 Å². The van der Waals surface area contributed by atoms with Crippen LogP contribution in [0.15, 0.2) is 98.1 Å². The maximum Gasteiger partial charge on any atom is 0.332 e. The van der Waals surface area contributed by atoms with Crippen LogP contribution in [0.1, 0.15) is 83.7 Å². The van der Waals surface area contributed by atoms with Crippen molar-refractivity contribution in [3.8, 4) is 21.9 Å². The summed E-state index contributed by atoms with van der Waals surface area (Å²) in [7, 11) is 1.66. The van der Waals surface area contributed by atoms with E-state index >= 15 is 0 Å². The SMILES string of the molecule is CCOc1cc2c(cc1OC)C(c1ccc(C(=O)N3CCC(n4c(=O)c5sc(-c6ccccc6)cc5n(Cc5nc(CC)co5)c4=O)CC3)cc1)=N[C@@H]1CCSC[C@H]21. The van der Waals surface area contributed by atoms with E-state index in [1.807, 2.05) is 97.2 Å². The predicted octanol–water partition coefficient (Wildman–Crippen LogP) is 7.82. The number of piperidine rings is 1. The zero-order chi connectivity index (χ0) is 39.9. The van der Waals surface area contributed by atoms with Gasteiger partial charge in [0.05, 0.1) is 36.7 Å². The van der Waals surface area contributed by atoms with Crippen molar-refractivity contribution in [1.82, 2.24) is 19.0 Å². The summed E-state index contributed by atoms with van der Waals surface area (Å²) >= 11 is 3.36. The van der Waals surface area contributed by atoms with E-state index in [0.717, 1.165) is 56.6 Å². The summed E-state index contributed by atoms with van der Waals surface area (Å²) in [5.74, 6) is 4.17. The number of likely N-dealkylation sites (tertiary alicyclic amines) is 1. The fraction of sp³-hybridized carbons (Fsp3) is 0.356. The monoisotopic (exact) mass is 815 g/mol. The number of methoxy groups -OCH3 is 1. The van der Waals surface area contributed by atoms with Gasteiger partial charge in [0.2, 0.25) is 5.89 Å². The van der Waals surface area contributed by atoms with Gasteiger partial charge in [-0.15, -0.1) is 11.3 Å². The smallest absolute Gasteiger partial charge is 0.332 e. The lowest BCUT2D eigenvalue weighted by molar-refractivity contribution is 0.0691. The molecule has 13 heteroatoms. The zero-order valence-electron chi connectivity index (χ0n) is 32.8. The summed E-state index contributed by atoms with van der Waals surface area (Å²) in [6, 6.07) is 23.5. The van der Waals surface area contributed by atoms with Crippen LogP contribution in [0.5, 0.6) is 11.5 Å². The Morgan fingerprint density at radius 2 is 1.74 bits per heavy atom. The van der Waals surface area contributed by atoms with E-state index in [1.54, 1.807) is 17.9 Å². The highest BCUT2D eigenvalue weighted by atomic mass is 32.2. The van der Waals surface area contributed by atoms with Gasteiger partial charge in [-0.3, -0.25) is 23.7 Å². The number of oxazole rings is 1. The van der Waals surface area contributed by atoms with Gasteiger partial charge in [-0.1, -0.05) is 49.4 Å². The fourth-order valence-electron chi connectivity index (χ4n) is 8.54. The molecule has 0 spiro atoms. The number of hydrogen-bond donors (Lipinski definition) is 0. The summed E-state index contributed by atoms with van der Waals surface area (Å²) in [5.41, 5.74) is 6.36. The average molecular weight is 816 g/mol. The lowest BCUT2D eigenvalue weighted by atomic mass is 9.81. The standard InChI is InChI=1S/C45H45N5O6S2/c1-4-30-25-56-40(46-30)24-49-36-23-39(27-9-7-6-8-10-27)58-42(36)44(52)50(45(49)53)31-15-18-48(19-16-31)43(51)29-13-11-28(12-14-29)41-33-22-37(54-3)38(55-5-2)21-32(33)34-26-57-20-17-35(34)47-41/h6-14,21-23,25,31,34-35H,4-5,15-20,24,26H2,1-3H3/t34-,35-/m1/s1. The van der Waals surface area contributed by atoms with Crippen LogP contribution in [-0.4, -0.2) is 75.0 Å². The molecule has 6 aromatic rings. The van der Waals surface area contributed by atoms with Crippen LogP contribution in [-0.2, 0) is 13.0 Å². The molecule has 6 heterocycles. The number of carbonyl (C=O) groups excluding carboxylic acids is 1. The number of rotatable bonds is 10. The van der Waals surface area contributed by atoms with Crippen molar-refractivity contribution in [2.75, 3.05) is 38.3 Å². The lowest BCUT2D eigenvalue weighted by Gasteiger charge is -2.35. The number of aromatic nitrogens is 3. The second kappa shape index (κ2) is 16.1. The molecule has 9 rings (SSSR count). The van der Waals surface area contributed by atoms with Crippen molar-refractivity contribution in [3.63, 3.8) is 0 Å². The fourth-order valence-corrected chi connectivity index (χ4v) is 10.9. The highest BCUT2D eigenvalue weighted by molar-refractivity contribution is 7.99. The second-order valence-corrected chi connectivity index (χ2v) is 17.2. The Kier molecular flexibility index (Phi) is 10.6. The number of carbonyl (C=O) groups is 1. The van der Waals surface area contributed by atoms with E-state index in [2.05, 4.69) is 11.1 Å². The van der Waals surface area contributed by atoms with E-state index in [-0.39, 0.29) is 30.1 Å². The van der Waals surface area contributed by atoms with Gasteiger partial charge in [-0.25, -0.2) is 9.78 Å². The molecular formula is C45H45N5O6S2. The number of hydrogen-bond acceptors (Lipinski definition) is 10. The molecule has 3 aromatic heterocycles. The van der Waals surface area contributed by atoms with Crippen LogP contribution >= 0.6 is 23.1 Å². The molecule has 58 heavy (non-hydrogen) atoms. The molecule has 2 saturated heterocycles. The molecule has 3 aromatic carbocycles. The summed E-state index contributed by atoms with van der Waals surface area (Å²) in [6.45, 7) is 5.46. The molecule has 2 fully saturated rings. The number of thioether (sulfide) groups is 1. The molecule has 0 unspecified atom stereocenters. The molecule has 0 N–H and O–H groups in total.